The molecular weight excluding hydrogens is 294 g/mol. The van der Waals surface area contributed by atoms with Crippen LogP contribution in [0.3, 0.4) is 0 Å². The first kappa shape index (κ1) is 21.6. The van der Waals surface area contributed by atoms with Gasteiger partial charge in [0.15, 0.2) is 0 Å². The van der Waals surface area contributed by atoms with Gasteiger partial charge in [0.2, 0.25) is 0 Å². The van der Waals surface area contributed by atoms with E-state index in [2.05, 4.69) is 0 Å². The number of nitrogens with two attached hydrogens (primary N) is 3. The second kappa shape index (κ2) is 18.7. The van der Waals surface area contributed by atoms with Gasteiger partial charge in [-0.1, -0.05) is 0 Å². The molecule has 0 rings (SSSR count). The zero-order chi connectivity index (χ0) is 16.3. The molecular formula is C13H31N3O6. The summed E-state index contributed by atoms with van der Waals surface area (Å²) in [5, 5.41) is 0. The van der Waals surface area contributed by atoms with Crippen LogP contribution in [0.2, 0.25) is 0 Å². The lowest BCUT2D eigenvalue weighted by molar-refractivity contribution is -0.295. The van der Waals surface area contributed by atoms with Gasteiger partial charge in [-0.3, -0.25) is 0 Å². The van der Waals surface area contributed by atoms with Crippen molar-refractivity contribution >= 4 is 0 Å². The molecule has 0 fully saturated rings. The Hall–Kier alpha value is -0.360. The predicted octanol–water partition coefficient (Wildman–Crippen LogP) is -1.75. The Kier molecular flexibility index (Phi) is 18.4. The van der Waals surface area contributed by atoms with Crippen LogP contribution in [0.4, 0.5) is 0 Å². The topological polar surface area (TPSA) is 133 Å². The molecule has 0 unspecified atom stereocenters. The maximum absolute atomic E-state index is 5.43. The van der Waals surface area contributed by atoms with Gasteiger partial charge in [0.05, 0.1) is 59.5 Å². The summed E-state index contributed by atoms with van der Waals surface area (Å²) in [5.74, 6) is 0. The Morgan fingerprint density at radius 1 is 0.455 bits per heavy atom. The molecule has 0 aromatic heterocycles. The van der Waals surface area contributed by atoms with E-state index in [0.29, 0.717) is 79.1 Å². The molecule has 0 spiro atoms. The van der Waals surface area contributed by atoms with Crippen molar-refractivity contribution in [3.63, 3.8) is 0 Å². The van der Waals surface area contributed by atoms with Gasteiger partial charge in [-0.2, -0.15) is 0 Å². The van der Waals surface area contributed by atoms with Crippen molar-refractivity contribution in [2.45, 2.75) is 6.48 Å². The van der Waals surface area contributed by atoms with Crippen LogP contribution in [0.5, 0.6) is 0 Å². The lowest BCUT2D eigenvalue weighted by Crippen LogP contribution is -2.27. The smallest absolute Gasteiger partial charge is 0.271 e. The Balaban J connectivity index is 3.72. The number of rotatable bonds is 18. The summed E-state index contributed by atoms with van der Waals surface area (Å²) in [6.07, 6.45) is 0. The molecule has 0 heterocycles. The van der Waals surface area contributed by atoms with Crippen molar-refractivity contribution in [2.75, 3.05) is 79.1 Å². The molecule has 0 saturated heterocycles. The molecule has 134 valence electrons. The highest BCUT2D eigenvalue weighted by atomic mass is 16.8. The SMILES string of the molecule is NCCOCCOC(OCCOCCN)OCCOCCN. The monoisotopic (exact) mass is 325 g/mol. The van der Waals surface area contributed by atoms with E-state index in [1.165, 1.54) is 0 Å². The molecule has 9 nitrogen and oxygen atoms in total. The van der Waals surface area contributed by atoms with E-state index >= 15 is 0 Å². The zero-order valence-electron chi connectivity index (χ0n) is 13.2. The molecule has 0 atom stereocenters. The minimum atomic E-state index is -0.788. The van der Waals surface area contributed by atoms with Crippen LogP contribution in [0, 0.1) is 0 Å². The third-order valence-corrected chi connectivity index (χ3v) is 2.23. The Morgan fingerprint density at radius 2 is 0.773 bits per heavy atom. The average Bonchev–Trinajstić information content (AvgIpc) is 2.53. The summed E-state index contributed by atoms with van der Waals surface area (Å²) in [4.78, 5) is 0. The third-order valence-electron chi connectivity index (χ3n) is 2.23. The van der Waals surface area contributed by atoms with Gasteiger partial charge in [0.25, 0.3) is 6.48 Å². The van der Waals surface area contributed by atoms with Crippen LogP contribution in [-0.4, -0.2) is 85.6 Å². The number of hydrogen-bond acceptors (Lipinski definition) is 9. The highest BCUT2D eigenvalue weighted by Crippen LogP contribution is 1.98. The quantitative estimate of drug-likeness (QED) is 0.198. The standard InChI is InChI=1S/C13H31N3O6/c14-1-4-17-7-10-20-13(21-11-8-18-5-2-15)22-12-9-19-6-3-16/h13H,1-12,14-16H2. The fourth-order valence-corrected chi connectivity index (χ4v) is 1.31. The first-order valence-corrected chi connectivity index (χ1v) is 7.53. The molecule has 0 amide bonds. The van der Waals surface area contributed by atoms with Crippen molar-refractivity contribution in [2.24, 2.45) is 17.2 Å². The van der Waals surface area contributed by atoms with Crippen molar-refractivity contribution in [3.8, 4) is 0 Å². The molecule has 9 heteroatoms. The zero-order valence-corrected chi connectivity index (χ0v) is 13.2. The molecule has 6 N–H and O–H groups in total. The van der Waals surface area contributed by atoms with Crippen LogP contribution in [0.1, 0.15) is 0 Å². The molecule has 0 bridgehead atoms. The molecule has 0 aromatic rings. The maximum atomic E-state index is 5.43. The normalized spacial score (nSPS) is 11.5. The Bertz CT molecular complexity index is 181. The minimum Gasteiger partial charge on any atom is -0.378 e. The molecule has 0 saturated carbocycles. The second-order valence-electron chi connectivity index (χ2n) is 4.10. The van der Waals surface area contributed by atoms with Crippen LogP contribution in [0.25, 0.3) is 0 Å². The van der Waals surface area contributed by atoms with Crippen LogP contribution >= 0.6 is 0 Å². The first-order chi connectivity index (χ1) is 10.8. The van der Waals surface area contributed by atoms with E-state index in [0.717, 1.165) is 0 Å². The first-order valence-electron chi connectivity index (χ1n) is 7.53. The third kappa shape index (κ3) is 16.0. The molecule has 0 aliphatic rings. The van der Waals surface area contributed by atoms with Gasteiger partial charge in [0, 0.05) is 19.6 Å². The summed E-state index contributed by atoms with van der Waals surface area (Å²) in [6.45, 7) is 4.45. The van der Waals surface area contributed by atoms with Crippen molar-refractivity contribution in [1.29, 1.82) is 0 Å². The van der Waals surface area contributed by atoms with Gasteiger partial charge in [-0.15, -0.1) is 0 Å². The van der Waals surface area contributed by atoms with E-state index in [-0.39, 0.29) is 0 Å². The average molecular weight is 325 g/mol. The van der Waals surface area contributed by atoms with E-state index in [1.807, 2.05) is 0 Å². The number of hydrogen-bond donors (Lipinski definition) is 3. The van der Waals surface area contributed by atoms with E-state index < -0.39 is 6.48 Å². The van der Waals surface area contributed by atoms with Gasteiger partial charge in [0.1, 0.15) is 0 Å². The second-order valence-corrected chi connectivity index (χ2v) is 4.10. The Morgan fingerprint density at radius 3 is 1.05 bits per heavy atom. The summed E-state index contributed by atoms with van der Waals surface area (Å²) < 4.78 is 31.9. The lowest BCUT2D eigenvalue weighted by atomic mass is 10.7. The van der Waals surface area contributed by atoms with Gasteiger partial charge in [-0.05, 0) is 0 Å². The van der Waals surface area contributed by atoms with E-state index in [4.69, 9.17) is 45.6 Å². The van der Waals surface area contributed by atoms with Gasteiger partial charge >= 0.3 is 0 Å². The maximum Gasteiger partial charge on any atom is 0.271 e. The molecule has 0 aromatic carbocycles. The fourth-order valence-electron chi connectivity index (χ4n) is 1.31. The molecule has 0 aliphatic heterocycles. The molecule has 22 heavy (non-hydrogen) atoms. The van der Waals surface area contributed by atoms with Gasteiger partial charge < -0.3 is 45.6 Å². The van der Waals surface area contributed by atoms with Crippen LogP contribution < -0.4 is 17.2 Å². The van der Waals surface area contributed by atoms with Crippen molar-refractivity contribution < 1.29 is 28.4 Å². The minimum absolute atomic E-state index is 0.345. The van der Waals surface area contributed by atoms with Crippen molar-refractivity contribution in [3.05, 3.63) is 0 Å². The van der Waals surface area contributed by atoms with Crippen LogP contribution in [0.15, 0.2) is 0 Å². The predicted molar refractivity (Wildman–Crippen MR) is 81.3 cm³/mol. The summed E-state index contributed by atoms with van der Waals surface area (Å²) in [5.41, 5.74) is 16.0. The summed E-state index contributed by atoms with van der Waals surface area (Å²) in [7, 11) is 0. The fraction of sp³-hybridized carbons (Fsp3) is 1.00. The largest absolute Gasteiger partial charge is 0.378 e. The van der Waals surface area contributed by atoms with E-state index in [9.17, 15) is 0 Å². The summed E-state index contributed by atoms with van der Waals surface area (Å²) in [6, 6.07) is 0. The van der Waals surface area contributed by atoms with E-state index in [1.54, 1.807) is 0 Å². The van der Waals surface area contributed by atoms with Crippen LogP contribution in [-0.2, 0) is 28.4 Å². The van der Waals surface area contributed by atoms with Crippen molar-refractivity contribution in [1.82, 2.24) is 0 Å². The highest BCUT2D eigenvalue weighted by Gasteiger charge is 2.10. The molecule has 0 radical (unpaired) electrons. The number of ether oxygens (including phenoxy) is 6. The Labute approximate surface area is 132 Å². The highest BCUT2D eigenvalue weighted by molar-refractivity contribution is 4.38. The summed E-state index contributed by atoms with van der Waals surface area (Å²) >= 11 is 0. The lowest BCUT2D eigenvalue weighted by Gasteiger charge is -2.19. The molecule has 0 aliphatic carbocycles. The van der Waals surface area contributed by atoms with Gasteiger partial charge in [-0.25, -0.2) is 0 Å².